The van der Waals surface area contributed by atoms with Crippen LogP contribution >= 0.6 is 0 Å². The lowest BCUT2D eigenvalue weighted by Crippen LogP contribution is -2.50. The number of hydrogen-bond acceptors (Lipinski definition) is 3. The highest BCUT2D eigenvalue weighted by Crippen LogP contribution is 2.47. The van der Waals surface area contributed by atoms with Crippen molar-refractivity contribution < 1.29 is 9.53 Å². The standard InChI is InChI=1S/C26H33NO2/c1-17-11-19(13-21(12-17)27-15-20(16-27)24(28)29-6)18-7-8-22-23(14-18)26(4,5)10-9-25(22,2)3/h7-8,11-14,20H,9-10,15-16H2,1-6H3. The van der Waals surface area contributed by atoms with E-state index in [2.05, 4.69) is 75.9 Å². The monoisotopic (exact) mass is 391 g/mol. The average Bonchev–Trinajstić information content (AvgIpc) is 2.63. The van der Waals surface area contributed by atoms with Gasteiger partial charge in [0.25, 0.3) is 0 Å². The van der Waals surface area contributed by atoms with Crippen LogP contribution in [0.3, 0.4) is 0 Å². The zero-order valence-corrected chi connectivity index (χ0v) is 18.6. The molecule has 0 spiro atoms. The maximum atomic E-state index is 11.7. The lowest BCUT2D eigenvalue weighted by Gasteiger charge is -2.42. The molecule has 4 rings (SSSR count). The molecule has 154 valence electrons. The second kappa shape index (κ2) is 6.90. The van der Waals surface area contributed by atoms with Gasteiger partial charge in [0.15, 0.2) is 0 Å². The van der Waals surface area contributed by atoms with E-state index >= 15 is 0 Å². The van der Waals surface area contributed by atoms with Gasteiger partial charge in [-0.15, -0.1) is 0 Å². The van der Waals surface area contributed by atoms with Crippen LogP contribution in [-0.4, -0.2) is 26.2 Å². The number of methoxy groups -OCH3 is 1. The van der Waals surface area contributed by atoms with Crippen LogP contribution in [0.5, 0.6) is 0 Å². The summed E-state index contributed by atoms with van der Waals surface area (Å²) in [7, 11) is 1.47. The van der Waals surface area contributed by atoms with Gasteiger partial charge in [-0.05, 0) is 70.5 Å². The summed E-state index contributed by atoms with van der Waals surface area (Å²) in [5, 5.41) is 0. The van der Waals surface area contributed by atoms with Crippen LogP contribution in [-0.2, 0) is 20.4 Å². The Morgan fingerprint density at radius 2 is 1.59 bits per heavy atom. The van der Waals surface area contributed by atoms with Crippen LogP contribution in [0.4, 0.5) is 5.69 Å². The Hall–Kier alpha value is -2.29. The molecule has 0 unspecified atom stereocenters. The first kappa shape index (κ1) is 20.0. The number of aryl methyl sites for hydroxylation is 1. The van der Waals surface area contributed by atoms with Gasteiger partial charge < -0.3 is 9.64 Å². The molecule has 1 heterocycles. The van der Waals surface area contributed by atoms with Crippen LogP contribution in [0.1, 0.15) is 57.2 Å². The molecule has 0 aromatic heterocycles. The molecule has 29 heavy (non-hydrogen) atoms. The third-order valence-electron chi connectivity index (χ3n) is 7.03. The highest BCUT2D eigenvalue weighted by atomic mass is 16.5. The molecule has 2 aliphatic rings. The van der Waals surface area contributed by atoms with E-state index < -0.39 is 0 Å². The van der Waals surface area contributed by atoms with E-state index in [1.165, 1.54) is 53.5 Å². The molecule has 0 atom stereocenters. The van der Waals surface area contributed by atoms with E-state index in [1.807, 2.05) is 0 Å². The van der Waals surface area contributed by atoms with Crippen molar-refractivity contribution in [2.24, 2.45) is 5.92 Å². The summed E-state index contributed by atoms with van der Waals surface area (Å²) in [5.74, 6) is -0.107. The molecule has 0 N–H and O–H groups in total. The van der Waals surface area contributed by atoms with Crippen molar-refractivity contribution in [3.63, 3.8) is 0 Å². The Morgan fingerprint density at radius 1 is 0.931 bits per heavy atom. The van der Waals surface area contributed by atoms with Crippen LogP contribution in [0, 0.1) is 12.8 Å². The van der Waals surface area contributed by atoms with Crippen LogP contribution in [0.25, 0.3) is 11.1 Å². The predicted molar refractivity (Wildman–Crippen MR) is 120 cm³/mol. The number of nitrogens with zero attached hydrogens (tertiary/aromatic N) is 1. The SMILES string of the molecule is COC(=O)C1CN(c2cc(C)cc(-c3ccc4c(c3)C(C)(C)CCC4(C)C)c2)C1. The van der Waals surface area contributed by atoms with Crippen molar-refractivity contribution in [1.82, 2.24) is 0 Å². The van der Waals surface area contributed by atoms with Gasteiger partial charge in [-0.25, -0.2) is 0 Å². The largest absolute Gasteiger partial charge is 0.469 e. The molecule has 1 fully saturated rings. The topological polar surface area (TPSA) is 29.5 Å². The molecule has 3 nitrogen and oxygen atoms in total. The lowest BCUT2D eigenvalue weighted by atomic mass is 9.63. The van der Waals surface area contributed by atoms with Crippen LogP contribution < -0.4 is 4.90 Å². The lowest BCUT2D eigenvalue weighted by molar-refractivity contribution is -0.146. The molecule has 1 aliphatic carbocycles. The number of fused-ring (bicyclic) bond motifs is 1. The molecule has 0 bridgehead atoms. The number of rotatable bonds is 3. The van der Waals surface area contributed by atoms with Crippen molar-refractivity contribution in [2.45, 2.75) is 58.3 Å². The second-order valence-corrected chi connectivity index (χ2v) is 10.2. The van der Waals surface area contributed by atoms with Gasteiger partial charge >= 0.3 is 5.97 Å². The van der Waals surface area contributed by atoms with E-state index in [-0.39, 0.29) is 22.7 Å². The van der Waals surface area contributed by atoms with Crippen molar-refractivity contribution in [3.05, 3.63) is 53.1 Å². The van der Waals surface area contributed by atoms with E-state index in [9.17, 15) is 4.79 Å². The maximum absolute atomic E-state index is 11.7. The van der Waals surface area contributed by atoms with Crippen LogP contribution in [0.15, 0.2) is 36.4 Å². The Labute approximate surface area is 175 Å². The number of benzene rings is 2. The smallest absolute Gasteiger partial charge is 0.312 e. The highest BCUT2D eigenvalue weighted by molar-refractivity contribution is 5.78. The zero-order chi connectivity index (χ0) is 21.0. The number of anilines is 1. The van der Waals surface area contributed by atoms with Gasteiger partial charge in [0.2, 0.25) is 0 Å². The van der Waals surface area contributed by atoms with Gasteiger partial charge in [-0.3, -0.25) is 4.79 Å². The summed E-state index contributed by atoms with van der Waals surface area (Å²) < 4.78 is 4.88. The molecule has 0 radical (unpaired) electrons. The normalized spacial score (nSPS) is 20.0. The molecule has 2 aromatic rings. The van der Waals surface area contributed by atoms with Crippen molar-refractivity contribution in [2.75, 3.05) is 25.1 Å². The molecule has 0 saturated carbocycles. The third-order valence-corrected chi connectivity index (χ3v) is 7.03. The number of esters is 1. The minimum Gasteiger partial charge on any atom is -0.469 e. The molecule has 2 aromatic carbocycles. The molecular weight excluding hydrogens is 358 g/mol. The highest BCUT2D eigenvalue weighted by Gasteiger charge is 2.37. The second-order valence-electron chi connectivity index (χ2n) is 10.2. The zero-order valence-electron chi connectivity index (χ0n) is 18.6. The fourth-order valence-corrected chi connectivity index (χ4v) is 4.89. The van der Waals surface area contributed by atoms with E-state index in [0.29, 0.717) is 0 Å². The first-order valence-electron chi connectivity index (χ1n) is 10.7. The number of carbonyl (C=O) groups is 1. The first-order valence-corrected chi connectivity index (χ1v) is 10.7. The quantitative estimate of drug-likeness (QED) is 0.636. The summed E-state index contributed by atoms with van der Waals surface area (Å²) in [6.07, 6.45) is 2.45. The van der Waals surface area contributed by atoms with Gasteiger partial charge in [-0.1, -0.05) is 52.0 Å². The predicted octanol–water partition coefficient (Wildman–Crippen LogP) is 5.62. The molecular formula is C26H33NO2. The van der Waals surface area contributed by atoms with Crippen molar-refractivity contribution in [1.29, 1.82) is 0 Å². The minimum atomic E-state index is -0.103. The average molecular weight is 392 g/mol. The Morgan fingerprint density at radius 3 is 2.24 bits per heavy atom. The minimum absolute atomic E-state index is 0.00395. The van der Waals surface area contributed by atoms with E-state index in [0.717, 1.165) is 13.1 Å². The summed E-state index contributed by atoms with van der Waals surface area (Å²) in [6, 6.07) is 13.8. The summed E-state index contributed by atoms with van der Waals surface area (Å²) in [6.45, 7) is 13.1. The summed E-state index contributed by atoms with van der Waals surface area (Å²) in [4.78, 5) is 14.0. The number of carbonyl (C=O) groups excluding carboxylic acids is 1. The number of hydrogen-bond donors (Lipinski definition) is 0. The summed E-state index contributed by atoms with van der Waals surface area (Å²) >= 11 is 0. The van der Waals surface area contributed by atoms with Crippen LogP contribution in [0.2, 0.25) is 0 Å². The van der Waals surface area contributed by atoms with Gasteiger partial charge in [0.05, 0.1) is 13.0 Å². The number of ether oxygens (including phenoxy) is 1. The van der Waals surface area contributed by atoms with E-state index in [4.69, 9.17) is 4.74 Å². The fraction of sp³-hybridized carbons (Fsp3) is 0.500. The van der Waals surface area contributed by atoms with E-state index in [1.54, 1.807) is 0 Å². The summed E-state index contributed by atoms with van der Waals surface area (Å²) in [5.41, 5.74) is 8.40. The van der Waals surface area contributed by atoms with Gasteiger partial charge in [-0.2, -0.15) is 0 Å². The third kappa shape index (κ3) is 3.56. The molecule has 1 saturated heterocycles. The van der Waals surface area contributed by atoms with Gasteiger partial charge in [0.1, 0.15) is 0 Å². The molecule has 3 heteroatoms. The van der Waals surface area contributed by atoms with Crippen molar-refractivity contribution in [3.8, 4) is 11.1 Å². The Kier molecular flexibility index (Phi) is 4.76. The van der Waals surface area contributed by atoms with Gasteiger partial charge in [0, 0.05) is 18.8 Å². The first-order chi connectivity index (χ1) is 13.6. The Balaban J connectivity index is 1.68. The molecule has 0 amide bonds. The Bertz CT molecular complexity index is 951. The molecule has 1 aliphatic heterocycles. The van der Waals surface area contributed by atoms with Crippen molar-refractivity contribution >= 4 is 11.7 Å². The maximum Gasteiger partial charge on any atom is 0.312 e. The fourth-order valence-electron chi connectivity index (χ4n) is 4.89.